The number of nitrogens with zero attached hydrogens (tertiary/aromatic N) is 1. The Morgan fingerprint density at radius 1 is 0.926 bits per heavy atom. The lowest BCUT2D eigenvalue weighted by atomic mass is 9.94. The van der Waals surface area contributed by atoms with Crippen molar-refractivity contribution in [3.8, 4) is 0 Å². The first-order valence-electron chi connectivity index (χ1n) is 9.19. The van der Waals surface area contributed by atoms with E-state index in [9.17, 15) is 5.11 Å². The number of nitrogens with one attached hydrogen (secondary N) is 1. The van der Waals surface area contributed by atoms with E-state index in [2.05, 4.69) is 22.3 Å². The van der Waals surface area contributed by atoms with E-state index in [1.54, 1.807) is 0 Å². The highest BCUT2D eigenvalue weighted by Crippen LogP contribution is 2.19. The maximum atomic E-state index is 9.82. The first-order chi connectivity index (χ1) is 12.1. The van der Waals surface area contributed by atoms with Gasteiger partial charge in [0, 0.05) is 44.7 Å². The number of β-amino-alcohol motifs (C(OH)–C–C–N with tert-alkyl or cyclic N) is 2. The summed E-state index contributed by atoms with van der Waals surface area (Å²) in [6.45, 7) is 4.27. The molecule has 6 heteroatoms. The molecule has 0 spiro atoms. The summed E-state index contributed by atoms with van der Waals surface area (Å²) in [4.78, 5) is 2.24. The van der Waals surface area contributed by atoms with Gasteiger partial charge in [0.15, 0.2) is 0 Å². The van der Waals surface area contributed by atoms with E-state index in [1.807, 2.05) is 18.2 Å². The molecule has 1 aromatic carbocycles. The van der Waals surface area contributed by atoms with Crippen LogP contribution < -0.4 is 5.32 Å². The number of hydrogen-bond acceptors (Lipinski definition) is 6. The van der Waals surface area contributed by atoms with Gasteiger partial charge in [-0.3, -0.25) is 4.90 Å². The summed E-state index contributed by atoms with van der Waals surface area (Å²) in [5.74, 6) is 0.165. The van der Waals surface area contributed by atoms with Crippen molar-refractivity contribution in [2.45, 2.75) is 46.4 Å². The van der Waals surface area contributed by atoms with Gasteiger partial charge < -0.3 is 25.7 Å². The van der Waals surface area contributed by atoms with Crippen LogP contribution in [0.5, 0.6) is 0 Å². The molecule has 1 aromatic rings. The molecule has 2 saturated heterocycles. The Balaban J connectivity index is 0.000000532. The molecule has 5 N–H and O–H groups in total. The first-order valence-corrected chi connectivity index (χ1v) is 9.19. The maximum absolute atomic E-state index is 9.82. The van der Waals surface area contributed by atoms with E-state index < -0.39 is 0 Å². The number of likely N-dealkylation sites (tertiary alicyclic amines) is 1. The molecule has 3 rings (SSSR count). The van der Waals surface area contributed by atoms with Crippen molar-refractivity contribution in [1.29, 1.82) is 0 Å². The van der Waals surface area contributed by atoms with Gasteiger partial charge >= 0.3 is 0 Å². The Kier molecular flexibility index (Phi) is 13.5. The number of aliphatic hydroxyl groups excluding tert-OH is 4. The van der Waals surface area contributed by atoms with Crippen molar-refractivity contribution in [3.05, 3.63) is 35.9 Å². The molecule has 2 aliphatic heterocycles. The zero-order valence-electron chi connectivity index (χ0n) is 14.8. The molecule has 4 unspecified atom stereocenters. The number of benzene rings is 1. The third-order valence-electron chi connectivity index (χ3n) is 5.11. The molecule has 2 heterocycles. The van der Waals surface area contributed by atoms with Gasteiger partial charge in [0.25, 0.3) is 0 Å². The largest absolute Gasteiger partial charge is 0.396 e. The molecule has 6 nitrogen and oxygen atoms in total. The average molecular weight is 385 g/mol. The predicted octanol–water partition coefficient (Wildman–Crippen LogP) is 1.08. The Morgan fingerprint density at radius 2 is 1.56 bits per heavy atom. The lowest BCUT2D eigenvalue weighted by Crippen LogP contribution is -2.44. The highest BCUT2D eigenvalue weighted by molar-refractivity contribution is 5.14. The van der Waals surface area contributed by atoms with Crippen LogP contribution in [0.2, 0.25) is 0 Å². The fourth-order valence-electron chi connectivity index (χ4n) is 3.35. The van der Waals surface area contributed by atoms with Gasteiger partial charge in [-0.05, 0) is 31.5 Å². The first kappa shape index (κ1) is 26.0. The summed E-state index contributed by atoms with van der Waals surface area (Å²) in [5.41, 5.74) is 1.28. The predicted molar refractivity (Wildman–Crippen MR) is 110 cm³/mol. The minimum Gasteiger partial charge on any atom is -0.396 e. The monoisotopic (exact) mass is 384 g/mol. The lowest BCUT2D eigenvalue weighted by molar-refractivity contribution is -0.00444. The van der Waals surface area contributed by atoms with Gasteiger partial charge in [0.05, 0.1) is 12.2 Å². The van der Waals surface area contributed by atoms with Crippen molar-refractivity contribution in [3.63, 3.8) is 0 Å². The van der Waals surface area contributed by atoms with E-state index in [0.717, 1.165) is 32.5 Å². The third kappa shape index (κ3) is 8.68. The second-order valence-corrected chi connectivity index (χ2v) is 7.02. The number of hydrogen-bond donors (Lipinski definition) is 5. The van der Waals surface area contributed by atoms with Crippen molar-refractivity contribution in [2.75, 3.05) is 39.4 Å². The van der Waals surface area contributed by atoms with Crippen molar-refractivity contribution in [2.24, 2.45) is 11.8 Å². The molecular formula is C21H40N2O4. The molecule has 27 heavy (non-hydrogen) atoms. The molecule has 0 aromatic heterocycles. The van der Waals surface area contributed by atoms with Crippen LogP contribution in [0.25, 0.3) is 0 Å². The van der Waals surface area contributed by atoms with Crippen LogP contribution in [-0.2, 0) is 6.54 Å². The quantitative estimate of drug-likeness (QED) is 0.533. The summed E-state index contributed by atoms with van der Waals surface area (Å²) < 4.78 is 0. The third-order valence-corrected chi connectivity index (χ3v) is 5.11. The molecule has 158 valence electrons. The fraction of sp³-hybridized carbons (Fsp3) is 0.714. The van der Waals surface area contributed by atoms with E-state index >= 15 is 0 Å². The molecule has 0 amide bonds. The van der Waals surface area contributed by atoms with Crippen LogP contribution in [0.4, 0.5) is 0 Å². The van der Waals surface area contributed by atoms with Gasteiger partial charge in [-0.25, -0.2) is 0 Å². The molecular weight excluding hydrogens is 344 g/mol. The van der Waals surface area contributed by atoms with Gasteiger partial charge in [0.2, 0.25) is 0 Å². The molecule has 0 radical (unpaired) electrons. The summed E-state index contributed by atoms with van der Waals surface area (Å²) in [7, 11) is 0. The van der Waals surface area contributed by atoms with Crippen LogP contribution in [0.1, 0.15) is 33.3 Å². The highest BCUT2D eigenvalue weighted by Gasteiger charge is 2.26. The SMILES string of the molecule is C.C.OCC1CCN(Cc2ccccc2)CC1O.OCC1CCNCC1O. The Hall–Kier alpha value is -1.02. The molecule has 2 fully saturated rings. The minimum atomic E-state index is -0.387. The molecule has 0 saturated carbocycles. The second-order valence-electron chi connectivity index (χ2n) is 7.02. The van der Waals surface area contributed by atoms with Crippen molar-refractivity contribution in [1.82, 2.24) is 10.2 Å². The highest BCUT2D eigenvalue weighted by atomic mass is 16.3. The number of aliphatic hydroxyl groups is 4. The van der Waals surface area contributed by atoms with Crippen LogP contribution in [0.15, 0.2) is 30.3 Å². The molecule has 2 aliphatic rings. The summed E-state index contributed by atoms with van der Waals surface area (Å²) in [5, 5.41) is 39.7. The van der Waals surface area contributed by atoms with Gasteiger partial charge in [0.1, 0.15) is 0 Å². The topological polar surface area (TPSA) is 96.2 Å². The van der Waals surface area contributed by atoms with E-state index in [0.29, 0.717) is 13.1 Å². The average Bonchev–Trinajstić information content (AvgIpc) is 2.64. The summed E-state index contributed by atoms with van der Waals surface area (Å²) in [6, 6.07) is 10.3. The van der Waals surface area contributed by atoms with Crippen LogP contribution in [-0.4, -0.2) is 76.9 Å². The van der Waals surface area contributed by atoms with Crippen LogP contribution >= 0.6 is 0 Å². The second kappa shape index (κ2) is 14.0. The smallest absolute Gasteiger partial charge is 0.0717 e. The van der Waals surface area contributed by atoms with Gasteiger partial charge in [-0.15, -0.1) is 0 Å². The summed E-state index contributed by atoms with van der Waals surface area (Å²) in [6.07, 6.45) is 1.04. The van der Waals surface area contributed by atoms with Gasteiger partial charge in [-0.2, -0.15) is 0 Å². The zero-order chi connectivity index (χ0) is 18.1. The maximum Gasteiger partial charge on any atom is 0.0717 e. The molecule has 0 aliphatic carbocycles. The Bertz CT molecular complexity index is 475. The fourth-order valence-corrected chi connectivity index (χ4v) is 3.35. The lowest BCUT2D eigenvalue weighted by Gasteiger charge is -2.35. The number of rotatable bonds is 4. The minimum absolute atomic E-state index is 0. The Labute approximate surface area is 164 Å². The Morgan fingerprint density at radius 3 is 2.07 bits per heavy atom. The molecule has 4 atom stereocenters. The standard InChI is InChI=1S/C13H19NO2.C6H13NO2.2CH4/c15-10-12-6-7-14(9-13(12)16)8-11-4-2-1-3-5-11;8-4-5-1-2-7-3-6(5)9;;/h1-5,12-13,15-16H,6-10H2;5-9H,1-4H2;2*1H4. The zero-order valence-corrected chi connectivity index (χ0v) is 14.8. The van der Waals surface area contributed by atoms with E-state index in [-0.39, 0.29) is 52.1 Å². The number of piperidine rings is 2. The molecule has 0 bridgehead atoms. The van der Waals surface area contributed by atoms with E-state index in [4.69, 9.17) is 15.3 Å². The van der Waals surface area contributed by atoms with Crippen LogP contribution in [0.3, 0.4) is 0 Å². The van der Waals surface area contributed by atoms with E-state index in [1.165, 1.54) is 5.56 Å². The summed E-state index contributed by atoms with van der Waals surface area (Å²) >= 11 is 0. The normalized spacial score (nSPS) is 28.1. The van der Waals surface area contributed by atoms with Crippen LogP contribution in [0, 0.1) is 11.8 Å². The van der Waals surface area contributed by atoms with Crippen molar-refractivity contribution < 1.29 is 20.4 Å². The van der Waals surface area contributed by atoms with Gasteiger partial charge in [-0.1, -0.05) is 45.2 Å². The van der Waals surface area contributed by atoms with Crippen molar-refractivity contribution >= 4 is 0 Å².